The Hall–Kier alpha value is -2.45. The fourth-order valence-electron chi connectivity index (χ4n) is 3.73. The molecule has 30 heavy (non-hydrogen) atoms. The van der Waals surface area contributed by atoms with Crippen LogP contribution in [-0.2, 0) is 16.1 Å². The molecule has 1 amide bonds. The number of hydrogen-bond acceptors (Lipinski definition) is 5. The van der Waals surface area contributed by atoms with Gasteiger partial charge in [0.15, 0.2) is 0 Å². The van der Waals surface area contributed by atoms with E-state index in [0.29, 0.717) is 30.6 Å². The van der Waals surface area contributed by atoms with Gasteiger partial charge in [-0.15, -0.1) is 0 Å². The van der Waals surface area contributed by atoms with E-state index in [9.17, 15) is 4.79 Å². The van der Waals surface area contributed by atoms with Gasteiger partial charge in [0.2, 0.25) is 11.9 Å². The number of aromatic nitrogens is 2. The molecule has 2 unspecified atom stereocenters. The van der Waals surface area contributed by atoms with Gasteiger partial charge in [0.1, 0.15) is 6.04 Å². The predicted octanol–water partition coefficient (Wildman–Crippen LogP) is 3.66. The van der Waals surface area contributed by atoms with E-state index in [4.69, 9.17) is 16.3 Å². The van der Waals surface area contributed by atoms with Crippen molar-refractivity contribution in [2.24, 2.45) is 0 Å². The Morgan fingerprint density at radius 3 is 2.97 bits per heavy atom. The average Bonchev–Trinajstić information content (AvgIpc) is 3.37. The molecule has 2 atom stereocenters. The molecule has 1 aliphatic heterocycles. The van der Waals surface area contributed by atoms with E-state index >= 15 is 0 Å². The van der Waals surface area contributed by atoms with Crippen molar-refractivity contribution in [1.29, 1.82) is 0 Å². The van der Waals surface area contributed by atoms with Crippen LogP contribution in [-0.4, -0.2) is 34.7 Å². The van der Waals surface area contributed by atoms with Gasteiger partial charge in [-0.1, -0.05) is 35.9 Å². The van der Waals surface area contributed by atoms with Crippen LogP contribution in [0.2, 0.25) is 5.02 Å². The summed E-state index contributed by atoms with van der Waals surface area (Å²) in [7, 11) is 0. The fourth-order valence-corrected chi connectivity index (χ4v) is 3.93. The second-order valence-electron chi connectivity index (χ2n) is 7.30. The van der Waals surface area contributed by atoms with E-state index in [1.54, 1.807) is 0 Å². The zero-order valence-electron chi connectivity index (χ0n) is 16.9. The molecule has 2 heterocycles. The minimum atomic E-state index is -0.370. The van der Waals surface area contributed by atoms with E-state index in [1.165, 1.54) is 0 Å². The molecule has 0 saturated carbocycles. The third-order valence-corrected chi connectivity index (χ3v) is 5.47. The van der Waals surface area contributed by atoms with Gasteiger partial charge in [-0.2, -0.15) is 0 Å². The molecule has 3 N–H and O–H groups in total. The number of benzene rings is 2. The van der Waals surface area contributed by atoms with Crippen molar-refractivity contribution in [2.45, 2.75) is 38.4 Å². The molecule has 0 aliphatic carbocycles. The molecule has 7 nitrogen and oxygen atoms in total. The number of fused-ring (bicyclic) bond motifs is 1. The predicted molar refractivity (Wildman–Crippen MR) is 118 cm³/mol. The van der Waals surface area contributed by atoms with Gasteiger partial charge in [-0.3, -0.25) is 10.1 Å². The molecule has 1 fully saturated rings. The van der Waals surface area contributed by atoms with Crippen LogP contribution in [0.25, 0.3) is 11.0 Å². The molecule has 1 aromatic heterocycles. The standard InChI is InChI=1S/C22H26ClN5O2/c1-2-30-12-6-11-28-20-10-4-3-9-17(20)24-22(28)25-21(29)19-14-18(26-27-19)15-7-5-8-16(23)13-15/h3-5,7-10,13,18-19,26-27H,2,6,11-12,14H2,1H3,(H,24,25,29). The maximum atomic E-state index is 12.9. The molecule has 0 radical (unpaired) electrons. The van der Waals surface area contributed by atoms with Crippen LogP contribution in [0.15, 0.2) is 48.5 Å². The number of ether oxygens (including phenoxy) is 1. The molecule has 158 valence electrons. The molecule has 1 saturated heterocycles. The number of carbonyl (C=O) groups excluding carboxylic acids is 1. The second-order valence-corrected chi connectivity index (χ2v) is 7.74. The summed E-state index contributed by atoms with van der Waals surface area (Å²) >= 11 is 6.10. The Kier molecular flexibility index (Phi) is 6.64. The lowest BCUT2D eigenvalue weighted by molar-refractivity contribution is -0.118. The number of nitrogens with one attached hydrogen (secondary N) is 3. The Balaban J connectivity index is 1.46. The molecule has 0 spiro atoms. The first-order chi connectivity index (χ1) is 14.7. The highest BCUT2D eigenvalue weighted by molar-refractivity contribution is 6.30. The van der Waals surface area contributed by atoms with Gasteiger partial charge in [-0.25, -0.2) is 15.8 Å². The first-order valence-corrected chi connectivity index (χ1v) is 10.6. The van der Waals surface area contributed by atoms with Crippen molar-refractivity contribution < 1.29 is 9.53 Å². The Bertz CT molecular complexity index is 1020. The number of carbonyl (C=O) groups is 1. The highest BCUT2D eigenvalue weighted by Crippen LogP contribution is 2.26. The van der Waals surface area contributed by atoms with Crippen LogP contribution in [0.3, 0.4) is 0 Å². The molecule has 3 aromatic rings. The van der Waals surface area contributed by atoms with Gasteiger partial charge >= 0.3 is 0 Å². The summed E-state index contributed by atoms with van der Waals surface area (Å²) < 4.78 is 7.50. The van der Waals surface area contributed by atoms with Gasteiger partial charge in [0, 0.05) is 30.8 Å². The lowest BCUT2D eigenvalue weighted by Crippen LogP contribution is -2.40. The fraction of sp³-hybridized carbons (Fsp3) is 0.364. The minimum absolute atomic E-state index is 0.0180. The smallest absolute Gasteiger partial charge is 0.245 e. The first-order valence-electron chi connectivity index (χ1n) is 10.3. The van der Waals surface area contributed by atoms with Crippen molar-refractivity contribution in [1.82, 2.24) is 20.4 Å². The summed E-state index contributed by atoms with van der Waals surface area (Å²) in [6.45, 7) is 4.07. The van der Waals surface area contributed by atoms with E-state index in [0.717, 1.165) is 29.6 Å². The molecular weight excluding hydrogens is 402 g/mol. The van der Waals surface area contributed by atoms with Gasteiger partial charge < -0.3 is 9.30 Å². The van der Waals surface area contributed by atoms with E-state index in [-0.39, 0.29) is 18.0 Å². The Morgan fingerprint density at radius 2 is 2.13 bits per heavy atom. The van der Waals surface area contributed by atoms with Crippen molar-refractivity contribution in [3.05, 3.63) is 59.1 Å². The number of halogens is 1. The van der Waals surface area contributed by atoms with Crippen molar-refractivity contribution in [3.8, 4) is 0 Å². The lowest BCUT2D eigenvalue weighted by Gasteiger charge is -2.13. The van der Waals surface area contributed by atoms with Crippen molar-refractivity contribution >= 4 is 34.5 Å². The van der Waals surface area contributed by atoms with Crippen LogP contribution in [0.1, 0.15) is 31.4 Å². The topological polar surface area (TPSA) is 80.2 Å². The summed E-state index contributed by atoms with van der Waals surface area (Å²) in [6.07, 6.45) is 1.47. The second kappa shape index (κ2) is 9.57. The number of hydrazine groups is 1. The summed E-state index contributed by atoms with van der Waals surface area (Å²) in [5.41, 5.74) is 9.20. The van der Waals surface area contributed by atoms with Crippen LogP contribution >= 0.6 is 11.6 Å². The van der Waals surface area contributed by atoms with E-state index < -0.39 is 0 Å². The largest absolute Gasteiger partial charge is 0.382 e. The molecule has 1 aliphatic rings. The average molecular weight is 428 g/mol. The Labute approximate surface area is 180 Å². The van der Waals surface area contributed by atoms with Crippen molar-refractivity contribution in [3.63, 3.8) is 0 Å². The zero-order chi connectivity index (χ0) is 20.9. The lowest BCUT2D eigenvalue weighted by atomic mass is 10.0. The highest BCUT2D eigenvalue weighted by atomic mass is 35.5. The number of hydrogen-bond donors (Lipinski definition) is 3. The van der Waals surface area contributed by atoms with Gasteiger partial charge in [0.05, 0.1) is 11.0 Å². The van der Waals surface area contributed by atoms with Crippen LogP contribution in [0.5, 0.6) is 0 Å². The molecule has 0 bridgehead atoms. The number of para-hydroxylation sites is 2. The number of nitrogens with zero attached hydrogens (tertiary/aromatic N) is 2. The maximum Gasteiger partial charge on any atom is 0.245 e. The van der Waals surface area contributed by atoms with Crippen LogP contribution < -0.4 is 16.2 Å². The monoisotopic (exact) mass is 427 g/mol. The number of amides is 1. The zero-order valence-corrected chi connectivity index (χ0v) is 17.7. The summed E-state index contributed by atoms with van der Waals surface area (Å²) in [5.74, 6) is 0.444. The summed E-state index contributed by atoms with van der Waals surface area (Å²) in [4.78, 5) is 17.6. The van der Waals surface area contributed by atoms with Gasteiger partial charge in [0.25, 0.3) is 0 Å². The quantitative estimate of drug-likeness (QED) is 0.478. The molecule has 8 heteroatoms. The molecule has 2 aromatic carbocycles. The first kappa shape index (κ1) is 20.8. The van der Waals surface area contributed by atoms with Crippen molar-refractivity contribution in [2.75, 3.05) is 18.5 Å². The highest BCUT2D eigenvalue weighted by Gasteiger charge is 2.31. The summed E-state index contributed by atoms with van der Waals surface area (Å²) in [6, 6.07) is 15.2. The van der Waals surface area contributed by atoms with E-state index in [1.807, 2.05) is 60.0 Å². The third kappa shape index (κ3) is 4.65. The van der Waals surface area contributed by atoms with Gasteiger partial charge in [-0.05, 0) is 49.6 Å². The van der Waals surface area contributed by atoms with Crippen LogP contribution in [0.4, 0.5) is 5.95 Å². The summed E-state index contributed by atoms with van der Waals surface area (Å²) in [5, 5.41) is 3.69. The number of rotatable bonds is 8. The number of anilines is 1. The van der Waals surface area contributed by atoms with E-state index in [2.05, 4.69) is 21.2 Å². The normalized spacial score (nSPS) is 18.7. The number of imidazole rings is 1. The third-order valence-electron chi connectivity index (χ3n) is 5.23. The maximum absolute atomic E-state index is 12.9. The van der Waals surface area contributed by atoms with Crippen LogP contribution in [0, 0.1) is 0 Å². The minimum Gasteiger partial charge on any atom is -0.382 e. The number of aryl methyl sites for hydroxylation is 1. The molecular formula is C22H26ClN5O2. The molecule has 4 rings (SSSR count). The Morgan fingerprint density at radius 1 is 1.27 bits per heavy atom. The SMILES string of the molecule is CCOCCCn1c(NC(=O)C2CC(c3cccc(Cl)c3)NN2)nc2ccccc21.